The van der Waals surface area contributed by atoms with Crippen molar-refractivity contribution in [3.63, 3.8) is 0 Å². The summed E-state index contributed by atoms with van der Waals surface area (Å²) in [5.74, 6) is 0.829. The second-order valence-electron chi connectivity index (χ2n) is 6.09. The molecule has 2 rings (SSSR count). The van der Waals surface area contributed by atoms with Gasteiger partial charge in [-0.1, -0.05) is 18.2 Å². The molecule has 0 aliphatic rings. The minimum atomic E-state index is -0.207. The average molecular weight is 274 g/mol. The van der Waals surface area contributed by atoms with E-state index in [1.807, 2.05) is 58.0 Å². The molecule has 0 fully saturated rings. The molecule has 0 saturated carbocycles. The number of hydrogen-bond acceptors (Lipinski definition) is 3. The van der Waals surface area contributed by atoms with Gasteiger partial charge in [0, 0.05) is 10.9 Å². The van der Waals surface area contributed by atoms with E-state index < -0.39 is 0 Å². The minimum Gasteiger partial charge on any atom is -0.459 e. The molecule has 1 aromatic carbocycles. The summed E-state index contributed by atoms with van der Waals surface area (Å²) >= 11 is 0. The van der Waals surface area contributed by atoms with Crippen LogP contribution in [0.1, 0.15) is 39.5 Å². The van der Waals surface area contributed by atoms with Crippen molar-refractivity contribution in [3.8, 4) is 0 Å². The molecule has 4 nitrogen and oxygen atoms in total. The molecule has 108 valence electrons. The van der Waals surface area contributed by atoms with Crippen LogP contribution in [-0.2, 0) is 4.79 Å². The smallest absolute Gasteiger partial charge is 0.234 e. The first-order valence-corrected chi connectivity index (χ1v) is 6.88. The summed E-state index contributed by atoms with van der Waals surface area (Å²) in [6, 6.07) is 9.89. The van der Waals surface area contributed by atoms with Crippen LogP contribution >= 0.6 is 0 Å². The van der Waals surface area contributed by atoms with Gasteiger partial charge in [0.15, 0.2) is 0 Å². The van der Waals surface area contributed by atoms with Crippen molar-refractivity contribution in [2.24, 2.45) is 0 Å². The molecule has 1 unspecified atom stereocenters. The second kappa shape index (κ2) is 5.67. The zero-order chi connectivity index (χ0) is 14.8. The van der Waals surface area contributed by atoms with Gasteiger partial charge in [-0.2, -0.15) is 0 Å². The molecule has 1 atom stereocenters. The summed E-state index contributed by atoms with van der Waals surface area (Å²) in [7, 11) is 0. The molecule has 0 spiro atoms. The van der Waals surface area contributed by atoms with E-state index in [4.69, 9.17) is 4.42 Å². The molecule has 1 amide bonds. The lowest BCUT2D eigenvalue weighted by Crippen LogP contribution is -2.45. The zero-order valence-electron chi connectivity index (χ0n) is 12.5. The third-order valence-corrected chi connectivity index (χ3v) is 2.95. The highest BCUT2D eigenvalue weighted by Gasteiger charge is 2.16. The topological polar surface area (TPSA) is 54.3 Å². The number of para-hydroxylation sites is 1. The van der Waals surface area contributed by atoms with Crippen molar-refractivity contribution < 1.29 is 9.21 Å². The van der Waals surface area contributed by atoms with Gasteiger partial charge in [0.2, 0.25) is 5.91 Å². The summed E-state index contributed by atoms with van der Waals surface area (Å²) in [4.78, 5) is 11.8. The number of amides is 1. The summed E-state index contributed by atoms with van der Waals surface area (Å²) in [5, 5.41) is 7.18. The molecule has 0 aliphatic carbocycles. The number of fused-ring (bicyclic) bond motifs is 1. The van der Waals surface area contributed by atoms with Crippen LogP contribution < -0.4 is 10.6 Å². The van der Waals surface area contributed by atoms with Crippen molar-refractivity contribution in [3.05, 3.63) is 36.1 Å². The van der Waals surface area contributed by atoms with E-state index in [0.29, 0.717) is 0 Å². The number of nitrogens with one attached hydrogen (secondary N) is 2. The highest BCUT2D eigenvalue weighted by Crippen LogP contribution is 2.23. The van der Waals surface area contributed by atoms with Gasteiger partial charge in [-0.3, -0.25) is 10.1 Å². The Morgan fingerprint density at radius 2 is 2.00 bits per heavy atom. The Morgan fingerprint density at radius 3 is 2.65 bits per heavy atom. The first-order chi connectivity index (χ1) is 9.35. The number of rotatable bonds is 4. The third-order valence-electron chi connectivity index (χ3n) is 2.95. The van der Waals surface area contributed by atoms with Crippen LogP contribution in [-0.4, -0.2) is 18.0 Å². The molecular formula is C16H22N2O2. The fraction of sp³-hybridized carbons (Fsp3) is 0.438. The lowest BCUT2D eigenvalue weighted by Gasteiger charge is -2.21. The Labute approximate surface area is 119 Å². The maximum atomic E-state index is 11.8. The van der Waals surface area contributed by atoms with Crippen LogP contribution in [0.4, 0.5) is 0 Å². The Balaban J connectivity index is 1.95. The van der Waals surface area contributed by atoms with Crippen LogP contribution in [0.15, 0.2) is 34.7 Å². The Kier molecular flexibility index (Phi) is 4.14. The molecular weight excluding hydrogens is 252 g/mol. The van der Waals surface area contributed by atoms with Gasteiger partial charge in [0.1, 0.15) is 11.3 Å². The molecule has 0 bridgehead atoms. The van der Waals surface area contributed by atoms with Crippen molar-refractivity contribution in [2.45, 2.75) is 39.3 Å². The van der Waals surface area contributed by atoms with Crippen molar-refractivity contribution in [1.82, 2.24) is 10.6 Å². The third kappa shape index (κ3) is 3.84. The van der Waals surface area contributed by atoms with Crippen LogP contribution in [0.3, 0.4) is 0 Å². The van der Waals surface area contributed by atoms with Crippen molar-refractivity contribution in [2.75, 3.05) is 6.54 Å². The lowest BCUT2D eigenvalue weighted by molar-refractivity contribution is -0.121. The number of hydrogen-bond donors (Lipinski definition) is 2. The van der Waals surface area contributed by atoms with E-state index in [0.717, 1.165) is 16.7 Å². The molecule has 0 aliphatic heterocycles. The molecule has 1 aromatic heterocycles. The molecule has 0 saturated heterocycles. The Bertz CT molecular complexity index is 563. The van der Waals surface area contributed by atoms with Crippen LogP contribution in [0.2, 0.25) is 0 Å². The predicted molar refractivity (Wildman–Crippen MR) is 80.5 cm³/mol. The summed E-state index contributed by atoms with van der Waals surface area (Å²) in [6.07, 6.45) is 0. The van der Waals surface area contributed by atoms with Crippen LogP contribution in [0, 0.1) is 0 Å². The maximum Gasteiger partial charge on any atom is 0.234 e. The largest absolute Gasteiger partial charge is 0.459 e. The first-order valence-electron chi connectivity index (χ1n) is 6.88. The number of furan rings is 1. The zero-order valence-corrected chi connectivity index (χ0v) is 12.5. The highest BCUT2D eigenvalue weighted by molar-refractivity contribution is 5.79. The van der Waals surface area contributed by atoms with E-state index in [2.05, 4.69) is 10.6 Å². The lowest BCUT2D eigenvalue weighted by atomic mass is 10.1. The van der Waals surface area contributed by atoms with E-state index in [1.54, 1.807) is 0 Å². The molecule has 4 heteroatoms. The van der Waals surface area contributed by atoms with Gasteiger partial charge < -0.3 is 9.73 Å². The number of carbonyl (C=O) groups excluding carboxylic acids is 1. The fourth-order valence-electron chi connectivity index (χ4n) is 2.02. The van der Waals surface area contributed by atoms with Gasteiger partial charge in [-0.05, 0) is 39.8 Å². The SMILES string of the molecule is CC(NCC(=O)NC(C)(C)C)c1cc2ccccc2o1. The number of carbonyl (C=O) groups is 1. The summed E-state index contributed by atoms with van der Waals surface area (Å²) in [6.45, 7) is 8.16. The predicted octanol–water partition coefficient (Wildman–Crippen LogP) is 3.00. The molecule has 2 aromatic rings. The standard InChI is InChI=1S/C16H22N2O2/c1-11(17-10-15(19)18-16(2,3)4)14-9-12-7-5-6-8-13(12)20-14/h5-9,11,17H,10H2,1-4H3,(H,18,19). The second-order valence-corrected chi connectivity index (χ2v) is 6.09. The first kappa shape index (κ1) is 14.6. The van der Waals surface area contributed by atoms with Gasteiger partial charge in [-0.25, -0.2) is 0 Å². The normalized spacial score (nSPS) is 13.4. The number of benzene rings is 1. The Hall–Kier alpha value is -1.81. The molecule has 1 heterocycles. The summed E-state index contributed by atoms with van der Waals surface area (Å²) < 4.78 is 5.77. The van der Waals surface area contributed by atoms with Gasteiger partial charge >= 0.3 is 0 Å². The molecule has 20 heavy (non-hydrogen) atoms. The van der Waals surface area contributed by atoms with Gasteiger partial charge in [0.25, 0.3) is 0 Å². The van der Waals surface area contributed by atoms with Crippen molar-refractivity contribution >= 4 is 16.9 Å². The van der Waals surface area contributed by atoms with Crippen LogP contribution in [0.5, 0.6) is 0 Å². The van der Waals surface area contributed by atoms with Crippen LogP contribution in [0.25, 0.3) is 11.0 Å². The quantitative estimate of drug-likeness (QED) is 0.901. The molecule has 2 N–H and O–H groups in total. The highest BCUT2D eigenvalue weighted by atomic mass is 16.3. The van der Waals surface area contributed by atoms with Crippen molar-refractivity contribution in [1.29, 1.82) is 0 Å². The average Bonchev–Trinajstić information content (AvgIpc) is 2.77. The van der Waals surface area contributed by atoms with E-state index in [-0.39, 0.29) is 24.0 Å². The minimum absolute atomic E-state index is 0.00637. The van der Waals surface area contributed by atoms with E-state index in [9.17, 15) is 4.79 Å². The Morgan fingerprint density at radius 1 is 1.30 bits per heavy atom. The van der Waals surface area contributed by atoms with Gasteiger partial charge in [0.05, 0.1) is 12.6 Å². The van der Waals surface area contributed by atoms with E-state index in [1.165, 1.54) is 0 Å². The summed E-state index contributed by atoms with van der Waals surface area (Å²) in [5.41, 5.74) is 0.664. The molecule has 0 radical (unpaired) electrons. The fourth-order valence-corrected chi connectivity index (χ4v) is 2.02. The van der Waals surface area contributed by atoms with E-state index >= 15 is 0 Å². The maximum absolute atomic E-state index is 11.8. The monoisotopic (exact) mass is 274 g/mol. The van der Waals surface area contributed by atoms with Gasteiger partial charge in [-0.15, -0.1) is 0 Å².